The molecule has 2 aliphatic rings. The first-order valence-electron chi connectivity index (χ1n) is 8.54. The van der Waals surface area contributed by atoms with Gasteiger partial charge < -0.3 is 14.9 Å². The molecule has 0 fully saturated rings. The van der Waals surface area contributed by atoms with E-state index in [1.54, 1.807) is 32.1 Å². The van der Waals surface area contributed by atoms with Crippen LogP contribution in [0.1, 0.15) is 57.0 Å². The van der Waals surface area contributed by atoms with Gasteiger partial charge in [0.15, 0.2) is 5.78 Å². The summed E-state index contributed by atoms with van der Waals surface area (Å²) >= 11 is 0. The summed E-state index contributed by atoms with van der Waals surface area (Å²) < 4.78 is 5.79. The number of hydrogen-bond acceptors (Lipinski definition) is 4. The van der Waals surface area contributed by atoms with Gasteiger partial charge in [-0.2, -0.15) is 0 Å². The topological polar surface area (TPSA) is 66.8 Å². The molecule has 0 saturated heterocycles. The van der Waals surface area contributed by atoms with E-state index in [-0.39, 0.29) is 11.5 Å². The van der Waals surface area contributed by atoms with Gasteiger partial charge in [0, 0.05) is 5.56 Å². The molecule has 24 heavy (non-hydrogen) atoms. The zero-order valence-corrected chi connectivity index (χ0v) is 15.4. The lowest BCUT2D eigenvalue weighted by atomic mass is 9.85. The van der Waals surface area contributed by atoms with E-state index in [0.29, 0.717) is 28.2 Å². The van der Waals surface area contributed by atoms with Crippen molar-refractivity contribution in [2.24, 2.45) is 5.92 Å². The van der Waals surface area contributed by atoms with Crippen molar-refractivity contribution in [2.75, 3.05) is 0 Å². The summed E-state index contributed by atoms with van der Waals surface area (Å²) in [5, 5.41) is 19.5. The second-order valence-corrected chi connectivity index (χ2v) is 5.61. The van der Waals surface area contributed by atoms with Gasteiger partial charge in [0.05, 0.1) is 17.6 Å². The van der Waals surface area contributed by atoms with E-state index in [9.17, 15) is 15.0 Å². The maximum absolute atomic E-state index is 12.4. The van der Waals surface area contributed by atoms with Gasteiger partial charge in [-0.05, 0) is 31.6 Å². The Balaban J connectivity index is 0.000000521. The summed E-state index contributed by atoms with van der Waals surface area (Å²) in [4.78, 5) is 12.4. The first kappa shape index (κ1) is 20.0. The molecule has 0 radical (unpaired) electrons. The number of carbonyl (C=O) groups excluding carboxylic acids is 1. The maximum atomic E-state index is 12.4. The molecule has 132 valence electrons. The van der Waals surface area contributed by atoms with Crippen LogP contribution in [0.25, 0.3) is 0 Å². The van der Waals surface area contributed by atoms with Crippen LogP contribution >= 0.6 is 0 Å². The van der Waals surface area contributed by atoms with Crippen molar-refractivity contribution in [3.05, 3.63) is 46.7 Å². The molecule has 0 saturated carbocycles. The van der Waals surface area contributed by atoms with Crippen LogP contribution in [0.2, 0.25) is 0 Å². The monoisotopic (exact) mass is 332 g/mol. The molecule has 0 amide bonds. The number of aliphatic hydroxyl groups excluding tert-OH is 1. The van der Waals surface area contributed by atoms with Gasteiger partial charge >= 0.3 is 0 Å². The van der Waals surface area contributed by atoms with Crippen LogP contribution in [0.4, 0.5) is 0 Å². The number of carbonyl (C=O) groups is 1. The van der Waals surface area contributed by atoms with E-state index >= 15 is 0 Å². The Morgan fingerprint density at radius 2 is 1.71 bits per heavy atom. The molecule has 0 spiro atoms. The summed E-state index contributed by atoms with van der Waals surface area (Å²) in [5.74, 6) is 0.413. The van der Waals surface area contributed by atoms with Gasteiger partial charge in [0.25, 0.3) is 0 Å². The largest absolute Gasteiger partial charge is 0.508 e. The van der Waals surface area contributed by atoms with Crippen molar-refractivity contribution < 1.29 is 19.7 Å². The van der Waals surface area contributed by atoms with E-state index in [1.165, 1.54) is 12.5 Å². The van der Waals surface area contributed by atoms with Crippen LogP contribution in [-0.2, 0) is 0 Å². The average molecular weight is 332 g/mol. The van der Waals surface area contributed by atoms with Crippen molar-refractivity contribution in [1.82, 2.24) is 0 Å². The number of rotatable bonds is 0. The van der Waals surface area contributed by atoms with E-state index in [2.05, 4.69) is 13.8 Å². The van der Waals surface area contributed by atoms with Crippen molar-refractivity contribution in [2.45, 2.75) is 54.1 Å². The van der Waals surface area contributed by atoms with Crippen LogP contribution in [0, 0.1) is 12.8 Å². The van der Waals surface area contributed by atoms with Gasteiger partial charge in [-0.1, -0.05) is 46.3 Å². The number of aliphatic hydroxyl groups is 1. The number of benzene rings is 1. The molecule has 1 aromatic rings. The number of allylic oxidation sites excluding steroid dienone is 1. The first-order valence-corrected chi connectivity index (χ1v) is 8.54. The molecule has 1 heterocycles. The lowest BCUT2D eigenvalue weighted by molar-refractivity contribution is 0.0911. The number of aromatic hydroxyl groups is 1. The Morgan fingerprint density at radius 1 is 1.12 bits per heavy atom. The highest BCUT2D eigenvalue weighted by Crippen LogP contribution is 2.41. The average Bonchev–Trinajstić information content (AvgIpc) is 2.58. The number of Topliss-reactive ketones (excluding diaryl/α,β-unsaturated/α-hetero) is 1. The van der Waals surface area contributed by atoms with Crippen LogP contribution in [0.15, 0.2) is 35.6 Å². The molecular formula is C20H28O4. The quantitative estimate of drug-likeness (QED) is 0.685. The van der Waals surface area contributed by atoms with Crippen LogP contribution in [-0.4, -0.2) is 22.1 Å². The minimum atomic E-state index is -0.724. The summed E-state index contributed by atoms with van der Waals surface area (Å²) in [5.41, 5.74) is 1.64. The highest BCUT2D eigenvalue weighted by molar-refractivity contribution is 6.05. The summed E-state index contributed by atoms with van der Waals surface area (Å²) in [6.07, 6.45) is 3.79. The molecule has 4 nitrogen and oxygen atoms in total. The van der Waals surface area contributed by atoms with Crippen LogP contribution < -0.4 is 4.74 Å². The van der Waals surface area contributed by atoms with E-state index in [1.807, 2.05) is 13.8 Å². The van der Waals surface area contributed by atoms with E-state index < -0.39 is 12.0 Å². The second kappa shape index (κ2) is 8.69. The fraction of sp³-hybridized carbons (Fsp3) is 0.450. The Labute approximate surface area is 144 Å². The fourth-order valence-electron chi connectivity index (χ4n) is 2.47. The summed E-state index contributed by atoms with van der Waals surface area (Å²) in [7, 11) is 0. The van der Waals surface area contributed by atoms with Gasteiger partial charge in [0.1, 0.15) is 17.3 Å². The summed E-state index contributed by atoms with van der Waals surface area (Å²) in [6, 6.07) is 3.07. The molecule has 2 atom stereocenters. The maximum Gasteiger partial charge on any atom is 0.181 e. The number of fused-ring (bicyclic) bond motifs is 2. The smallest absolute Gasteiger partial charge is 0.181 e. The van der Waals surface area contributed by atoms with Gasteiger partial charge in [-0.25, -0.2) is 0 Å². The molecular weight excluding hydrogens is 304 g/mol. The molecule has 2 unspecified atom stereocenters. The summed E-state index contributed by atoms with van der Waals surface area (Å²) in [6.45, 7) is 11.7. The zero-order valence-electron chi connectivity index (χ0n) is 15.4. The number of ketones is 1. The number of ether oxygens (including phenoxy) is 1. The number of hydrogen-bond donors (Lipinski definition) is 2. The van der Waals surface area contributed by atoms with Crippen LogP contribution in [0.3, 0.4) is 0 Å². The predicted octanol–water partition coefficient (Wildman–Crippen LogP) is 4.54. The van der Waals surface area contributed by atoms with Crippen LogP contribution in [0.5, 0.6) is 11.5 Å². The number of phenols is 1. The first-order chi connectivity index (χ1) is 11.4. The fourth-order valence-corrected chi connectivity index (χ4v) is 2.47. The molecule has 0 bridgehead atoms. The van der Waals surface area contributed by atoms with Gasteiger partial charge in [-0.15, -0.1) is 0 Å². The zero-order chi connectivity index (χ0) is 18.4. The van der Waals surface area contributed by atoms with Gasteiger partial charge in [0.2, 0.25) is 0 Å². The Hall–Kier alpha value is -2.07. The highest BCUT2D eigenvalue weighted by Gasteiger charge is 2.37. The molecule has 3 rings (SSSR count). The lowest BCUT2D eigenvalue weighted by Crippen LogP contribution is -2.30. The highest BCUT2D eigenvalue weighted by atomic mass is 16.5. The normalized spacial score (nSPS) is 20.7. The van der Waals surface area contributed by atoms with Crippen molar-refractivity contribution in [3.63, 3.8) is 0 Å². The standard InChI is InChI=1S/C15H14O4.C3H8.C2H6/c1-7-11(16)5-3-9-13(18)10-4-6-12(17)8(2)15(10)19-14(7)9;1-3-2;1-2/h3-6,9,11,16-17H,1-2H3;3H2,1-2H3;1-2H3. The minimum absolute atomic E-state index is 0.0677. The van der Waals surface area contributed by atoms with Crippen molar-refractivity contribution in [3.8, 4) is 11.5 Å². The SMILES string of the molecule is CC.CC1=C2Oc3c(ccc(O)c3C)C(=O)C2C=CC1O.CCC. The molecule has 0 aromatic heterocycles. The van der Waals surface area contributed by atoms with E-state index in [0.717, 1.165) is 0 Å². The lowest BCUT2D eigenvalue weighted by Gasteiger charge is -2.31. The Bertz CT molecular complexity index is 656. The minimum Gasteiger partial charge on any atom is -0.508 e. The van der Waals surface area contributed by atoms with Crippen molar-refractivity contribution in [1.29, 1.82) is 0 Å². The van der Waals surface area contributed by atoms with Crippen molar-refractivity contribution >= 4 is 5.78 Å². The molecule has 2 N–H and O–H groups in total. The third-order valence-corrected chi connectivity index (χ3v) is 3.74. The third-order valence-electron chi connectivity index (χ3n) is 3.74. The second-order valence-electron chi connectivity index (χ2n) is 5.61. The third kappa shape index (κ3) is 3.70. The molecule has 1 aromatic carbocycles. The van der Waals surface area contributed by atoms with E-state index in [4.69, 9.17) is 4.74 Å². The predicted molar refractivity (Wildman–Crippen MR) is 96.5 cm³/mol. The molecule has 4 heteroatoms. The Kier molecular flexibility index (Phi) is 7.23. The number of phenolic OH excluding ortho intramolecular Hbond substituents is 1. The Morgan fingerprint density at radius 3 is 2.29 bits per heavy atom. The molecule has 1 aliphatic heterocycles. The molecule has 1 aliphatic carbocycles. The van der Waals surface area contributed by atoms with Gasteiger partial charge in [-0.3, -0.25) is 4.79 Å².